The van der Waals surface area contributed by atoms with E-state index in [2.05, 4.69) is 37.4 Å². The lowest BCUT2D eigenvalue weighted by molar-refractivity contribution is 0.262. The average Bonchev–Trinajstić information content (AvgIpc) is 2.59. The van der Waals surface area contributed by atoms with Crippen molar-refractivity contribution in [3.63, 3.8) is 0 Å². The minimum atomic E-state index is -0.415. The Hall–Kier alpha value is -2.09. The number of amides is 2. The van der Waals surface area contributed by atoms with Crippen LogP contribution >= 0.6 is 23.2 Å². The molecule has 3 rings (SSSR count). The molecule has 2 N–H and O–H groups in total. The number of anilines is 3. The van der Waals surface area contributed by atoms with Crippen LogP contribution < -0.4 is 15.5 Å². The second-order valence-electron chi connectivity index (χ2n) is 5.76. The fraction of sp³-hybridized carbons (Fsp3) is 0.312. The molecule has 2 aromatic rings. The van der Waals surface area contributed by atoms with E-state index in [0.717, 1.165) is 32.0 Å². The fourth-order valence-corrected chi connectivity index (χ4v) is 2.77. The molecule has 1 fully saturated rings. The van der Waals surface area contributed by atoms with Gasteiger partial charge in [0.2, 0.25) is 0 Å². The van der Waals surface area contributed by atoms with Gasteiger partial charge in [-0.2, -0.15) is 0 Å². The molecule has 25 heavy (non-hydrogen) atoms. The molecule has 132 valence electrons. The highest BCUT2D eigenvalue weighted by Gasteiger charge is 2.16. The molecule has 0 atom stereocenters. The second kappa shape index (κ2) is 7.86. The molecular weight excluding hydrogens is 363 g/mol. The van der Waals surface area contributed by atoms with E-state index >= 15 is 0 Å². The van der Waals surface area contributed by atoms with E-state index in [9.17, 15) is 4.79 Å². The Labute approximate surface area is 155 Å². The van der Waals surface area contributed by atoms with Crippen LogP contribution in [0.2, 0.25) is 10.0 Å². The summed E-state index contributed by atoms with van der Waals surface area (Å²) in [5.41, 5.74) is 0.542. The van der Waals surface area contributed by atoms with E-state index < -0.39 is 6.03 Å². The van der Waals surface area contributed by atoms with Crippen molar-refractivity contribution in [1.29, 1.82) is 0 Å². The molecule has 1 aliphatic rings. The Balaban J connectivity index is 1.63. The van der Waals surface area contributed by atoms with Crippen LogP contribution in [0, 0.1) is 0 Å². The molecular formula is C16H18Cl2N6O. The normalized spacial score (nSPS) is 15.1. The molecule has 7 nitrogen and oxygen atoms in total. The quantitative estimate of drug-likeness (QED) is 0.855. The molecule has 0 saturated carbocycles. The maximum absolute atomic E-state index is 12.1. The monoisotopic (exact) mass is 380 g/mol. The predicted molar refractivity (Wildman–Crippen MR) is 101 cm³/mol. The zero-order chi connectivity index (χ0) is 17.8. The van der Waals surface area contributed by atoms with Crippen molar-refractivity contribution < 1.29 is 4.79 Å². The molecule has 0 aliphatic carbocycles. The first-order chi connectivity index (χ1) is 12.0. The van der Waals surface area contributed by atoms with Crippen molar-refractivity contribution >= 4 is 46.6 Å². The van der Waals surface area contributed by atoms with E-state index in [1.54, 1.807) is 24.3 Å². The third-order valence-electron chi connectivity index (χ3n) is 3.90. The lowest BCUT2D eigenvalue weighted by Crippen LogP contribution is -2.44. The molecule has 2 heterocycles. The summed E-state index contributed by atoms with van der Waals surface area (Å²) in [6.45, 7) is 3.74. The van der Waals surface area contributed by atoms with E-state index in [-0.39, 0.29) is 0 Å². The number of rotatable bonds is 3. The zero-order valence-electron chi connectivity index (χ0n) is 13.7. The Kier molecular flexibility index (Phi) is 5.57. The van der Waals surface area contributed by atoms with E-state index in [0.29, 0.717) is 21.6 Å². The van der Waals surface area contributed by atoms with Crippen molar-refractivity contribution in [3.05, 3.63) is 40.6 Å². The van der Waals surface area contributed by atoms with Gasteiger partial charge in [-0.05, 0) is 25.2 Å². The summed E-state index contributed by atoms with van der Waals surface area (Å²) in [6.07, 6.45) is 1.45. The van der Waals surface area contributed by atoms with Crippen LogP contribution in [0.15, 0.2) is 30.6 Å². The van der Waals surface area contributed by atoms with Gasteiger partial charge in [-0.25, -0.2) is 14.8 Å². The maximum Gasteiger partial charge on any atom is 0.324 e. The van der Waals surface area contributed by atoms with Crippen LogP contribution in [0.25, 0.3) is 0 Å². The largest absolute Gasteiger partial charge is 0.354 e. The molecule has 1 saturated heterocycles. The zero-order valence-corrected chi connectivity index (χ0v) is 15.2. The first-order valence-corrected chi connectivity index (χ1v) is 8.55. The molecule has 0 spiro atoms. The number of nitrogens with zero attached hydrogens (tertiary/aromatic N) is 4. The van der Waals surface area contributed by atoms with Crippen LogP contribution in [0.4, 0.5) is 22.1 Å². The average molecular weight is 381 g/mol. The van der Waals surface area contributed by atoms with E-state index in [1.165, 1.54) is 6.33 Å². The number of hydrogen-bond donors (Lipinski definition) is 2. The highest BCUT2D eigenvalue weighted by atomic mass is 35.5. The first kappa shape index (κ1) is 17.7. The highest BCUT2D eigenvalue weighted by Crippen LogP contribution is 2.25. The minimum absolute atomic E-state index is 0.374. The third kappa shape index (κ3) is 4.72. The number of carbonyl (C=O) groups excluding carboxylic acids is 1. The lowest BCUT2D eigenvalue weighted by atomic mass is 10.3. The Morgan fingerprint density at radius 1 is 1.04 bits per heavy atom. The third-order valence-corrected chi connectivity index (χ3v) is 4.64. The minimum Gasteiger partial charge on any atom is -0.354 e. The van der Waals surface area contributed by atoms with Gasteiger partial charge in [-0.1, -0.05) is 23.2 Å². The number of urea groups is 1. The Morgan fingerprint density at radius 3 is 2.52 bits per heavy atom. The number of nitrogens with one attached hydrogen (secondary N) is 2. The van der Waals surface area contributed by atoms with Gasteiger partial charge < -0.3 is 15.1 Å². The molecule has 1 aliphatic heterocycles. The van der Waals surface area contributed by atoms with Gasteiger partial charge in [0, 0.05) is 37.9 Å². The first-order valence-electron chi connectivity index (χ1n) is 7.80. The summed E-state index contributed by atoms with van der Waals surface area (Å²) >= 11 is 11.8. The summed E-state index contributed by atoms with van der Waals surface area (Å²) in [4.78, 5) is 25.0. The van der Waals surface area contributed by atoms with Gasteiger partial charge >= 0.3 is 6.03 Å². The number of carbonyl (C=O) groups is 1. The summed E-state index contributed by atoms with van der Waals surface area (Å²) in [5.74, 6) is 1.23. The Morgan fingerprint density at radius 2 is 1.80 bits per heavy atom. The molecule has 0 radical (unpaired) electrons. The van der Waals surface area contributed by atoms with E-state index in [1.807, 2.05) is 0 Å². The Bertz CT molecular complexity index is 764. The van der Waals surface area contributed by atoms with Gasteiger partial charge in [0.25, 0.3) is 0 Å². The molecule has 2 amide bonds. The van der Waals surface area contributed by atoms with Crippen molar-refractivity contribution in [3.8, 4) is 0 Å². The molecule has 1 aromatic heterocycles. The molecule has 0 bridgehead atoms. The number of benzene rings is 1. The van der Waals surface area contributed by atoms with Crippen LogP contribution in [0.5, 0.6) is 0 Å². The molecule has 1 aromatic carbocycles. The van der Waals surface area contributed by atoms with Gasteiger partial charge in [0.1, 0.15) is 18.0 Å². The standard InChI is InChI=1S/C16H18Cl2N6O/c1-23-4-6-24(7-5-23)15-9-14(19-10-20-15)22-16(25)21-11-2-3-12(17)13(18)8-11/h2-3,8-10H,4-7H2,1H3,(H2,19,20,21,22,25). The molecule has 9 heteroatoms. The van der Waals surface area contributed by atoms with Crippen molar-refractivity contribution in [2.45, 2.75) is 0 Å². The number of likely N-dealkylation sites (N-methyl/N-ethyl adjacent to an activating group) is 1. The number of hydrogen-bond acceptors (Lipinski definition) is 5. The van der Waals surface area contributed by atoms with Gasteiger partial charge in [0.05, 0.1) is 10.0 Å². The number of piperazine rings is 1. The fourth-order valence-electron chi connectivity index (χ4n) is 2.48. The summed E-state index contributed by atoms with van der Waals surface area (Å²) in [7, 11) is 2.09. The molecule has 0 unspecified atom stereocenters. The topological polar surface area (TPSA) is 73.4 Å². The van der Waals surface area contributed by atoms with Gasteiger partial charge in [-0.3, -0.25) is 5.32 Å². The van der Waals surface area contributed by atoms with Gasteiger partial charge in [0.15, 0.2) is 0 Å². The van der Waals surface area contributed by atoms with Crippen molar-refractivity contribution in [2.24, 2.45) is 0 Å². The SMILES string of the molecule is CN1CCN(c2cc(NC(=O)Nc3ccc(Cl)c(Cl)c3)ncn2)CC1. The summed E-state index contributed by atoms with van der Waals surface area (Å²) in [6, 6.07) is 6.22. The lowest BCUT2D eigenvalue weighted by Gasteiger charge is -2.33. The second-order valence-corrected chi connectivity index (χ2v) is 6.57. The maximum atomic E-state index is 12.1. The van der Waals surface area contributed by atoms with Crippen LogP contribution in [-0.4, -0.2) is 54.1 Å². The smallest absolute Gasteiger partial charge is 0.324 e. The van der Waals surface area contributed by atoms with Crippen molar-refractivity contribution in [1.82, 2.24) is 14.9 Å². The number of halogens is 2. The van der Waals surface area contributed by atoms with Crippen molar-refractivity contribution in [2.75, 3.05) is 48.8 Å². The highest BCUT2D eigenvalue weighted by molar-refractivity contribution is 6.42. The summed E-state index contributed by atoms with van der Waals surface area (Å²) in [5, 5.41) is 6.19. The predicted octanol–water partition coefficient (Wildman–Crippen LogP) is 3.18. The summed E-state index contributed by atoms with van der Waals surface area (Å²) < 4.78 is 0. The van der Waals surface area contributed by atoms with Crippen LogP contribution in [0.3, 0.4) is 0 Å². The number of aromatic nitrogens is 2. The van der Waals surface area contributed by atoms with Gasteiger partial charge in [-0.15, -0.1) is 0 Å². The van der Waals surface area contributed by atoms with E-state index in [4.69, 9.17) is 23.2 Å². The van der Waals surface area contributed by atoms with Crippen LogP contribution in [0.1, 0.15) is 0 Å². The van der Waals surface area contributed by atoms with Crippen LogP contribution in [-0.2, 0) is 0 Å².